The molecule has 0 heterocycles. The molecule has 0 bridgehead atoms. The van der Waals surface area contributed by atoms with Gasteiger partial charge in [-0.25, -0.2) is 4.79 Å². The number of unbranched alkanes of at least 4 members (excludes halogenated alkanes) is 20. The Hall–Kier alpha value is -3.72. The Morgan fingerprint density at radius 3 is 1.38 bits per heavy atom. The van der Waals surface area contributed by atoms with E-state index in [1.54, 1.807) is 0 Å². The Kier molecular flexibility index (Phi) is 45.9. The lowest BCUT2D eigenvalue weighted by Crippen LogP contribution is -2.47. The van der Waals surface area contributed by atoms with Gasteiger partial charge in [-0.3, -0.25) is 14.4 Å². The van der Waals surface area contributed by atoms with Crippen LogP contribution in [-0.2, 0) is 23.9 Å². The van der Waals surface area contributed by atoms with E-state index in [2.05, 4.69) is 97.4 Å². The maximum atomic E-state index is 12.9. The molecule has 0 rings (SSSR count). The van der Waals surface area contributed by atoms with Crippen LogP contribution in [0.4, 0.5) is 0 Å². The van der Waals surface area contributed by atoms with Gasteiger partial charge in [0.05, 0.1) is 13.2 Å². The monoisotopic (exact) mass is 895 g/mol. The molecular weight excluding hydrogens is 801 g/mol. The van der Waals surface area contributed by atoms with Crippen molar-refractivity contribution in [1.82, 2.24) is 10.6 Å². The molecule has 2 atom stereocenters. The number of carbonyl (C=O) groups is 4. The third kappa shape index (κ3) is 44.9. The molecule has 0 aliphatic carbocycles. The van der Waals surface area contributed by atoms with Gasteiger partial charge in [-0.15, -0.1) is 0 Å². The van der Waals surface area contributed by atoms with E-state index >= 15 is 0 Å². The second-order valence-electron chi connectivity index (χ2n) is 17.2. The van der Waals surface area contributed by atoms with Crippen molar-refractivity contribution in [2.24, 2.45) is 0 Å². The first-order valence-corrected chi connectivity index (χ1v) is 25.8. The summed E-state index contributed by atoms with van der Waals surface area (Å²) < 4.78 is 6.05. The Balaban J connectivity index is 4.36. The number of rotatable bonds is 46. The highest BCUT2D eigenvalue weighted by molar-refractivity contribution is 5.87. The smallest absolute Gasteiger partial charge is 0.328 e. The summed E-state index contributed by atoms with van der Waals surface area (Å²) in [6, 6.07) is -1.39. The van der Waals surface area contributed by atoms with Gasteiger partial charge >= 0.3 is 11.9 Å². The molecule has 9 heteroatoms. The molecule has 0 saturated heterocycles. The van der Waals surface area contributed by atoms with Crippen LogP contribution in [0.1, 0.15) is 226 Å². The summed E-state index contributed by atoms with van der Waals surface area (Å²) in [6.45, 7) is 3.36. The zero-order valence-corrected chi connectivity index (χ0v) is 40.8. The molecule has 0 aromatic carbocycles. The van der Waals surface area contributed by atoms with Crippen LogP contribution in [0.3, 0.4) is 0 Å². The van der Waals surface area contributed by atoms with Crippen LogP contribution in [0.15, 0.2) is 72.9 Å². The Bertz CT molecular complexity index is 1300. The van der Waals surface area contributed by atoms with Gasteiger partial charge in [0.25, 0.3) is 0 Å². The average molecular weight is 895 g/mol. The van der Waals surface area contributed by atoms with Crippen molar-refractivity contribution in [1.29, 1.82) is 0 Å². The van der Waals surface area contributed by atoms with Crippen LogP contribution in [0, 0.1) is 0 Å². The zero-order chi connectivity index (χ0) is 46.8. The number of carbonyl (C=O) groups excluding carboxylic acids is 3. The van der Waals surface area contributed by atoms with Crippen molar-refractivity contribution in [3.05, 3.63) is 72.9 Å². The fourth-order valence-corrected chi connectivity index (χ4v) is 7.27. The van der Waals surface area contributed by atoms with Gasteiger partial charge in [-0.2, -0.15) is 0 Å². The predicted molar refractivity (Wildman–Crippen MR) is 268 cm³/mol. The van der Waals surface area contributed by atoms with Crippen LogP contribution in [0.25, 0.3) is 0 Å². The molecule has 2 unspecified atom stereocenters. The molecule has 0 aliphatic rings. The Morgan fingerprint density at radius 2 is 0.891 bits per heavy atom. The topological polar surface area (TPSA) is 142 Å². The van der Waals surface area contributed by atoms with E-state index in [1.807, 2.05) is 0 Å². The fourth-order valence-electron chi connectivity index (χ4n) is 7.27. The summed E-state index contributed by atoms with van der Waals surface area (Å²) in [5, 5.41) is 22.6. The minimum atomic E-state index is -1.39. The van der Waals surface area contributed by atoms with Crippen LogP contribution in [0.2, 0.25) is 0 Å². The number of esters is 1. The molecule has 0 radical (unpaired) electrons. The van der Waals surface area contributed by atoms with Crippen molar-refractivity contribution >= 4 is 23.8 Å². The highest BCUT2D eigenvalue weighted by Gasteiger charge is 2.19. The van der Waals surface area contributed by atoms with Crippen molar-refractivity contribution in [2.45, 2.75) is 238 Å². The number of carboxylic acids is 1. The summed E-state index contributed by atoms with van der Waals surface area (Å²) in [6.07, 6.45) is 62.2. The zero-order valence-electron chi connectivity index (χ0n) is 40.8. The molecule has 0 saturated carbocycles. The summed E-state index contributed by atoms with van der Waals surface area (Å²) >= 11 is 0. The highest BCUT2D eigenvalue weighted by Crippen LogP contribution is 2.18. The van der Waals surface area contributed by atoms with E-state index in [9.17, 15) is 19.2 Å². The number of aliphatic hydroxyl groups excluding tert-OH is 1. The Labute approximate surface area is 391 Å². The van der Waals surface area contributed by atoms with Crippen molar-refractivity contribution < 1.29 is 34.1 Å². The van der Waals surface area contributed by atoms with Crippen molar-refractivity contribution in [2.75, 3.05) is 13.2 Å². The predicted octanol–water partition coefficient (Wildman–Crippen LogP) is 13.8. The quantitative estimate of drug-likeness (QED) is 0.0271. The van der Waals surface area contributed by atoms with Crippen LogP contribution in [-0.4, -0.2) is 59.3 Å². The van der Waals surface area contributed by atoms with Gasteiger partial charge in [-0.05, 0) is 109 Å². The number of aliphatic hydroxyl groups is 1. The number of hydrogen-bond acceptors (Lipinski definition) is 6. The van der Waals surface area contributed by atoms with Crippen LogP contribution < -0.4 is 10.6 Å². The summed E-state index contributed by atoms with van der Waals surface area (Å²) in [4.78, 5) is 47.8. The number of ether oxygens (including phenoxy) is 1. The van der Waals surface area contributed by atoms with E-state index in [0.29, 0.717) is 12.8 Å². The number of nitrogens with one attached hydrogen (secondary N) is 2. The normalized spacial score (nSPS) is 13.0. The molecule has 2 amide bonds. The first-order chi connectivity index (χ1) is 31.3. The molecule has 0 aromatic rings. The molecule has 366 valence electrons. The van der Waals surface area contributed by atoms with E-state index in [-0.39, 0.29) is 30.9 Å². The SMILES string of the molecule is CC/C=C\C/C=C\C/C=C\C/C=C\CCCCC(CCCCCCCC(=O)NCC(=O)NC(CO)C(=O)O)OC(=O)CCCCCCCCCCC/C=C\C/C=C\CCCCCCC. The first kappa shape index (κ1) is 60.3. The van der Waals surface area contributed by atoms with Crippen molar-refractivity contribution in [3.63, 3.8) is 0 Å². The van der Waals surface area contributed by atoms with Gasteiger partial charge in [0.1, 0.15) is 12.1 Å². The second kappa shape index (κ2) is 48.7. The third-order valence-corrected chi connectivity index (χ3v) is 11.2. The number of hydrogen-bond donors (Lipinski definition) is 4. The fraction of sp³-hybridized carbons (Fsp3) is 0.709. The molecule has 64 heavy (non-hydrogen) atoms. The molecule has 9 nitrogen and oxygen atoms in total. The third-order valence-electron chi connectivity index (χ3n) is 11.2. The number of aliphatic carboxylic acids is 1. The minimum Gasteiger partial charge on any atom is -0.480 e. The molecule has 0 fully saturated rings. The molecule has 4 N–H and O–H groups in total. The second-order valence-corrected chi connectivity index (χ2v) is 17.2. The molecule has 0 spiro atoms. The van der Waals surface area contributed by atoms with E-state index in [0.717, 1.165) is 103 Å². The largest absolute Gasteiger partial charge is 0.480 e. The van der Waals surface area contributed by atoms with E-state index < -0.39 is 24.5 Å². The highest BCUT2D eigenvalue weighted by atomic mass is 16.5. The van der Waals surface area contributed by atoms with Crippen LogP contribution in [0.5, 0.6) is 0 Å². The van der Waals surface area contributed by atoms with Crippen LogP contribution >= 0.6 is 0 Å². The standard InChI is InChI=1S/C55H94N2O7/c1-3-5-7-9-11-13-15-17-19-20-21-22-23-24-26-28-30-32-34-39-43-47-54(61)64-50(44-40-36-33-31-29-27-25-18-16-14-12-10-8-6-4-2)45-41-37-35-38-42-46-52(59)56-48-53(60)57-51(49-58)55(62)63/h6,8,12,14-15,17-18,20-21,25,29,31,50-51,58H,3-5,7,9-11,13,16,19,22-24,26-28,30,32-49H2,1-2H3,(H,56,59)(H,57,60)(H,62,63)/b8-6-,14-12-,17-15-,21-20-,25-18-,31-29-. The lowest BCUT2D eigenvalue weighted by Gasteiger charge is -2.18. The lowest BCUT2D eigenvalue weighted by molar-refractivity contribution is -0.150. The van der Waals surface area contributed by atoms with E-state index in [4.69, 9.17) is 14.9 Å². The first-order valence-electron chi connectivity index (χ1n) is 25.8. The van der Waals surface area contributed by atoms with Gasteiger partial charge in [0, 0.05) is 12.8 Å². The van der Waals surface area contributed by atoms with Gasteiger partial charge in [-0.1, -0.05) is 177 Å². The maximum Gasteiger partial charge on any atom is 0.328 e. The van der Waals surface area contributed by atoms with Gasteiger partial charge in [0.2, 0.25) is 11.8 Å². The Morgan fingerprint density at radius 1 is 0.484 bits per heavy atom. The molecule has 0 aromatic heterocycles. The molecule has 0 aliphatic heterocycles. The summed E-state index contributed by atoms with van der Waals surface area (Å²) in [7, 11) is 0. The molecular formula is C55H94N2O7. The number of allylic oxidation sites excluding steroid dienone is 12. The average Bonchev–Trinajstić information content (AvgIpc) is 3.28. The number of carboxylic acid groups (broad SMARTS) is 1. The van der Waals surface area contributed by atoms with Crippen molar-refractivity contribution in [3.8, 4) is 0 Å². The minimum absolute atomic E-state index is 0.0596. The summed E-state index contributed by atoms with van der Waals surface area (Å²) in [5.74, 6) is -2.33. The number of amides is 2. The maximum absolute atomic E-state index is 12.9. The van der Waals surface area contributed by atoms with Gasteiger partial charge in [0.15, 0.2) is 0 Å². The van der Waals surface area contributed by atoms with Gasteiger partial charge < -0.3 is 25.6 Å². The van der Waals surface area contributed by atoms with E-state index in [1.165, 1.54) is 89.9 Å². The lowest BCUT2D eigenvalue weighted by atomic mass is 10.0. The summed E-state index contributed by atoms with van der Waals surface area (Å²) in [5.41, 5.74) is 0.